The van der Waals surface area contributed by atoms with E-state index in [2.05, 4.69) is 16.0 Å². The van der Waals surface area contributed by atoms with Crippen LogP contribution in [0.3, 0.4) is 0 Å². The van der Waals surface area contributed by atoms with Crippen molar-refractivity contribution in [1.29, 1.82) is 0 Å². The molecule has 3 amide bonds. The van der Waals surface area contributed by atoms with E-state index in [1.807, 2.05) is 60.7 Å². The van der Waals surface area contributed by atoms with Gasteiger partial charge in [0.25, 0.3) is 5.91 Å². The van der Waals surface area contributed by atoms with Crippen molar-refractivity contribution in [3.8, 4) is 0 Å². The molecule has 1 aliphatic rings. The lowest BCUT2D eigenvalue weighted by molar-refractivity contribution is -0.118. The molecule has 0 spiro atoms. The van der Waals surface area contributed by atoms with E-state index in [4.69, 9.17) is 0 Å². The van der Waals surface area contributed by atoms with Gasteiger partial charge in [0.05, 0.1) is 11.6 Å². The fraction of sp³-hybridized carbons (Fsp3) is 0.158. The first-order valence-corrected chi connectivity index (χ1v) is 7.80. The van der Waals surface area contributed by atoms with Crippen LogP contribution in [0.5, 0.6) is 0 Å². The molecule has 1 atom stereocenters. The Morgan fingerprint density at radius 1 is 1.04 bits per heavy atom. The van der Waals surface area contributed by atoms with Crippen LogP contribution in [0.1, 0.15) is 24.1 Å². The molecule has 3 rings (SSSR count). The highest BCUT2D eigenvalue weighted by molar-refractivity contribution is 5.98. The summed E-state index contributed by atoms with van der Waals surface area (Å²) in [5, 5.41) is 8.43. The predicted octanol–water partition coefficient (Wildman–Crippen LogP) is 2.63. The molecule has 1 heterocycles. The summed E-state index contributed by atoms with van der Waals surface area (Å²) in [6.45, 7) is 2.18. The van der Waals surface area contributed by atoms with Crippen molar-refractivity contribution < 1.29 is 9.59 Å². The summed E-state index contributed by atoms with van der Waals surface area (Å²) in [5.74, 6) is -0.197. The van der Waals surface area contributed by atoms with E-state index < -0.39 is 6.04 Å². The van der Waals surface area contributed by atoms with Crippen LogP contribution in [0.4, 0.5) is 4.79 Å². The van der Waals surface area contributed by atoms with Crippen LogP contribution in [0.25, 0.3) is 0 Å². The summed E-state index contributed by atoms with van der Waals surface area (Å²) < 4.78 is 0. The number of allylic oxidation sites excluding steroid dienone is 1. The number of hydrogen-bond donors (Lipinski definition) is 3. The van der Waals surface area contributed by atoms with Crippen LogP contribution >= 0.6 is 0 Å². The van der Waals surface area contributed by atoms with Crippen molar-refractivity contribution in [1.82, 2.24) is 16.0 Å². The fourth-order valence-electron chi connectivity index (χ4n) is 2.76. The summed E-state index contributed by atoms with van der Waals surface area (Å²) in [7, 11) is 0. The number of nitrogens with one attached hydrogen (secondary N) is 3. The first-order chi connectivity index (χ1) is 11.6. The number of benzene rings is 2. The Morgan fingerprint density at radius 3 is 2.33 bits per heavy atom. The Kier molecular flexibility index (Phi) is 4.61. The zero-order chi connectivity index (χ0) is 16.9. The molecule has 122 valence electrons. The SMILES string of the molecule is CC1=C(C(=O)NCc2ccccc2)[C@H](c2ccccc2)NC(=O)N1. The number of carbonyl (C=O) groups excluding carboxylic acids is 2. The number of hydrogen-bond acceptors (Lipinski definition) is 2. The van der Waals surface area contributed by atoms with Crippen molar-refractivity contribution in [2.24, 2.45) is 0 Å². The fourth-order valence-corrected chi connectivity index (χ4v) is 2.76. The Hall–Kier alpha value is -3.08. The summed E-state index contributed by atoms with van der Waals surface area (Å²) in [6, 6.07) is 18.4. The molecule has 0 unspecified atom stereocenters. The van der Waals surface area contributed by atoms with Crippen LogP contribution in [-0.4, -0.2) is 11.9 Å². The molecule has 3 N–H and O–H groups in total. The van der Waals surface area contributed by atoms with Gasteiger partial charge in [-0.1, -0.05) is 60.7 Å². The minimum absolute atomic E-state index is 0.197. The molecule has 24 heavy (non-hydrogen) atoms. The molecule has 1 aliphatic heterocycles. The van der Waals surface area contributed by atoms with E-state index in [0.717, 1.165) is 11.1 Å². The Balaban J connectivity index is 1.83. The second-order valence-corrected chi connectivity index (χ2v) is 5.65. The van der Waals surface area contributed by atoms with Gasteiger partial charge in [0.2, 0.25) is 0 Å². The van der Waals surface area contributed by atoms with Crippen molar-refractivity contribution in [3.63, 3.8) is 0 Å². The van der Waals surface area contributed by atoms with E-state index in [0.29, 0.717) is 17.8 Å². The zero-order valence-corrected chi connectivity index (χ0v) is 13.4. The average molecular weight is 321 g/mol. The number of carbonyl (C=O) groups is 2. The van der Waals surface area contributed by atoms with Crippen LogP contribution in [0.15, 0.2) is 71.9 Å². The van der Waals surface area contributed by atoms with Gasteiger partial charge < -0.3 is 16.0 Å². The molecule has 0 aliphatic carbocycles. The van der Waals surface area contributed by atoms with Crippen LogP contribution in [-0.2, 0) is 11.3 Å². The molecule has 0 fully saturated rings. The third-order valence-corrected chi connectivity index (χ3v) is 3.94. The van der Waals surface area contributed by atoms with Gasteiger partial charge in [-0.15, -0.1) is 0 Å². The van der Waals surface area contributed by atoms with Gasteiger partial charge in [0, 0.05) is 12.2 Å². The molecule has 0 bridgehead atoms. The maximum absolute atomic E-state index is 12.7. The molecular formula is C19H19N3O2. The quantitative estimate of drug-likeness (QED) is 0.810. The largest absolute Gasteiger partial charge is 0.348 e. The van der Waals surface area contributed by atoms with Crippen molar-refractivity contribution >= 4 is 11.9 Å². The molecule has 5 nitrogen and oxygen atoms in total. The predicted molar refractivity (Wildman–Crippen MR) is 91.8 cm³/mol. The van der Waals surface area contributed by atoms with Crippen LogP contribution < -0.4 is 16.0 Å². The van der Waals surface area contributed by atoms with E-state index >= 15 is 0 Å². The Labute approximate surface area is 140 Å². The normalized spacial score (nSPS) is 17.0. The molecule has 0 aromatic heterocycles. The average Bonchev–Trinajstić information content (AvgIpc) is 2.60. The zero-order valence-electron chi connectivity index (χ0n) is 13.4. The van der Waals surface area contributed by atoms with Gasteiger partial charge in [0.1, 0.15) is 0 Å². The molecule has 2 aromatic carbocycles. The Bertz CT molecular complexity index is 770. The van der Waals surface area contributed by atoms with Gasteiger partial charge in [-0.3, -0.25) is 4.79 Å². The third kappa shape index (κ3) is 3.46. The highest BCUT2D eigenvalue weighted by atomic mass is 16.2. The second kappa shape index (κ2) is 7.00. The number of amides is 3. The molecule has 0 saturated heterocycles. The third-order valence-electron chi connectivity index (χ3n) is 3.94. The standard InChI is InChI=1S/C19H19N3O2/c1-13-16(18(23)20-12-14-8-4-2-5-9-14)17(22-19(24)21-13)15-10-6-3-7-11-15/h2-11,17H,12H2,1H3,(H,20,23)(H2,21,22,24)/t17-/m0/s1. The van der Waals surface area contributed by atoms with Crippen molar-refractivity contribution in [2.45, 2.75) is 19.5 Å². The van der Waals surface area contributed by atoms with E-state index in [-0.39, 0.29) is 11.9 Å². The Morgan fingerprint density at radius 2 is 1.67 bits per heavy atom. The highest BCUT2D eigenvalue weighted by Crippen LogP contribution is 2.26. The van der Waals surface area contributed by atoms with E-state index in [1.165, 1.54) is 0 Å². The lowest BCUT2D eigenvalue weighted by Crippen LogP contribution is -2.46. The van der Waals surface area contributed by atoms with Gasteiger partial charge in [-0.2, -0.15) is 0 Å². The number of rotatable bonds is 4. The maximum atomic E-state index is 12.7. The van der Waals surface area contributed by atoms with Crippen molar-refractivity contribution in [3.05, 3.63) is 83.1 Å². The lowest BCUT2D eigenvalue weighted by atomic mass is 9.95. The smallest absolute Gasteiger partial charge is 0.319 e. The van der Waals surface area contributed by atoms with Crippen molar-refractivity contribution in [2.75, 3.05) is 0 Å². The maximum Gasteiger partial charge on any atom is 0.319 e. The molecule has 0 saturated carbocycles. The monoisotopic (exact) mass is 321 g/mol. The highest BCUT2D eigenvalue weighted by Gasteiger charge is 2.30. The van der Waals surface area contributed by atoms with E-state index in [1.54, 1.807) is 6.92 Å². The lowest BCUT2D eigenvalue weighted by Gasteiger charge is -2.28. The van der Waals surface area contributed by atoms with Gasteiger partial charge in [0.15, 0.2) is 0 Å². The molecule has 5 heteroatoms. The van der Waals surface area contributed by atoms with Gasteiger partial charge >= 0.3 is 6.03 Å². The second-order valence-electron chi connectivity index (χ2n) is 5.65. The summed E-state index contributed by atoms with van der Waals surface area (Å²) in [6.07, 6.45) is 0. The van der Waals surface area contributed by atoms with Gasteiger partial charge in [-0.25, -0.2) is 4.79 Å². The van der Waals surface area contributed by atoms with E-state index in [9.17, 15) is 9.59 Å². The van der Waals surface area contributed by atoms with Crippen LogP contribution in [0.2, 0.25) is 0 Å². The van der Waals surface area contributed by atoms with Gasteiger partial charge in [-0.05, 0) is 18.1 Å². The molecule has 2 aromatic rings. The summed E-state index contributed by atoms with van der Waals surface area (Å²) in [4.78, 5) is 24.5. The van der Waals surface area contributed by atoms with Crippen LogP contribution in [0, 0.1) is 0 Å². The first kappa shape index (κ1) is 15.8. The topological polar surface area (TPSA) is 70.2 Å². The first-order valence-electron chi connectivity index (χ1n) is 7.80. The summed E-state index contributed by atoms with van der Waals surface area (Å²) in [5.41, 5.74) is 2.99. The number of urea groups is 1. The molecule has 0 radical (unpaired) electrons. The minimum atomic E-state index is -0.462. The summed E-state index contributed by atoms with van der Waals surface area (Å²) >= 11 is 0. The minimum Gasteiger partial charge on any atom is -0.348 e. The molecular weight excluding hydrogens is 302 g/mol.